The number of ether oxygens (including phenoxy) is 4. The number of Topliss-reactive ketones (excluding diaryl/α,β-unsaturated/α-hetero) is 1. The van der Waals surface area contributed by atoms with Gasteiger partial charge in [0.1, 0.15) is 22.8 Å². The number of hydrogen-bond acceptors (Lipinski definition) is 6. The Hall–Kier alpha value is -2.50. The second-order valence-electron chi connectivity index (χ2n) is 5.88. The number of carbonyl (C=O) groups excluding carboxylic acids is 2. The van der Waals surface area contributed by atoms with E-state index in [1.807, 2.05) is 6.92 Å². The highest BCUT2D eigenvalue weighted by molar-refractivity contribution is 6.13. The molecule has 0 bridgehead atoms. The van der Waals surface area contributed by atoms with Gasteiger partial charge in [-0.15, -0.1) is 0 Å². The van der Waals surface area contributed by atoms with Crippen LogP contribution in [0.25, 0.3) is 0 Å². The van der Waals surface area contributed by atoms with Crippen molar-refractivity contribution in [2.45, 2.75) is 25.9 Å². The molecule has 6 heteroatoms. The van der Waals surface area contributed by atoms with E-state index >= 15 is 0 Å². The Morgan fingerprint density at radius 3 is 2.62 bits per heavy atom. The number of carbonyl (C=O) groups is 2. The number of allylic oxidation sites excluding steroid dienone is 1. The molecule has 1 aromatic carbocycles. The monoisotopic (exact) mass is 332 g/mol. The first-order valence-corrected chi connectivity index (χ1v) is 7.85. The van der Waals surface area contributed by atoms with Gasteiger partial charge in [-0.25, -0.2) is 0 Å². The zero-order valence-electron chi connectivity index (χ0n) is 14.2. The maximum absolute atomic E-state index is 13.3. The maximum atomic E-state index is 13.3. The number of fused-ring (bicyclic) bond motifs is 1. The lowest BCUT2D eigenvalue weighted by molar-refractivity contribution is -0.118. The molecule has 128 valence electrons. The van der Waals surface area contributed by atoms with E-state index in [0.29, 0.717) is 29.4 Å². The molecule has 6 nitrogen and oxygen atoms in total. The third-order valence-electron chi connectivity index (χ3n) is 4.49. The third kappa shape index (κ3) is 2.17. The molecular formula is C18H20O6. The van der Waals surface area contributed by atoms with Gasteiger partial charge in [0.25, 0.3) is 0 Å². The van der Waals surface area contributed by atoms with Crippen LogP contribution in [-0.2, 0) is 9.53 Å². The number of ketones is 2. The van der Waals surface area contributed by atoms with Gasteiger partial charge in [0.2, 0.25) is 11.4 Å². The summed E-state index contributed by atoms with van der Waals surface area (Å²) in [6, 6.07) is 3.29. The summed E-state index contributed by atoms with van der Waals surface area (Å²) in [5.41, 5.74) is -0.976. The second-order valence-corrected chi connectivity index (χ2v) is 5.88. The van der Waals surface area contributed by atoms with Gasteiger partial charge >= 0.3 is 0 Å². The van der Waals surface area contributed by atoms with E-state index in [2.05, 4.69) is 0 Å². The topological polar surface area (TPSA) is 71.1 Å². The van der Waals surface area contributed by atoms with Crippen molar-refractivity contribution in [3.63, 3.8) is 0 Å². The molecule has 1 aliphatic heterocycles. The third-order valence-corrected chi connectivity index (χ3v) is 4.49. The summed E-state index contributed by atoms with van der Waals surface area (Å²) in [5, 5.41) is 0. The smallest absolute Gasteiger partial charge is 0.231 e. The molecule has 24 heavy (non-hydrogen) atoms. The molecule has 1 spiro atoms. The highest BCUT2D eigenvalue weighted by Crippen LogP contribution is 2.50. The van der Waals surface area contributed by atoms with Crippen LogP contribution in [-0.4, -0.2) is 38.0 Å². The number of rotatable bonds is 4. The van der Waals surface area contributed by atoms with Crippen LogP contribution in [0.2, 0.25) is 0 Å². The van der Waals surface area contributed by atoms with E-state index in [0.717, 1.165) is 0 Å². The first kappa shape index (κ1) is 16.4. The fraction of sp³-hybridized carbons (Fsp3) is 0.444. The van der Waals surface area contributed by atoms with Crippen LogP contribution in [0.1, 0.15) is 30.6 Å². The summed E-state index contributed by atoms with van der Waals surface area (Å²) in [4.78, 5) is 25.2. The quantitative estimate of drug-likeness (QED) is 0.844. The molecule has 0 saturated heterocycles. The van der Waals surface area contributed by atoms with Gasteiger partial charge in [0.15, 0.2) is 11.5 Å². The summed E-state index contributed by atoms with van der Waals surface area (Å²) in [6.45, 7) is 3.95. The summed E-state index contributed by atoms with van der Waals surface area (Å²) in [6.07, 6.45) is 1.59. The largest absolute Gasteiger partial charge is 0.496 e. The first-order chi connectivity index (χ1) is 11.5. The van der Waals surface area contributed by atoms with Crippen LogP contribution < -0.4 is 14.2 Å². The lowest BCUT2D eigenvalue weighted by Crippen LogP contribution is -2.51. The molecule has 0 aromatic heterocycles. The normalized spacial score (nSPS) is 25.2. The molecule has 2 unspecified atom stereocenters. The Balaban J connectivity index is 2.18. The minimum Gasteiger partial charge on any atom is -0.496 e. The molecule has 0 saturated carbocycles. The van der Waals surface area contributed by atoms with E-state index in [-0.39, 0.29) is 29.7 Å². The van der Waals surface area contributed by atoms with E-state index in [9.17, 15) is 9.59 Å². The van der Waals surface area contributed by atoms with Crippen molar-refractivity contribution in [1.82, 2.24) is 0 Å². The number of hydrogen-bond donors (Lipinski definition) is 0. The van der Waals surface area contributed by atoms with Crippen molar-refractivity contribution >= 4 is 11.6 Å². The molecule has 2 aliphatic rings. The lowest BCUT2D eigenvalue weighted by Gasteiger charge is -2.36. The van der Waals surface area contributed by atoms with E-state index in [1.54, 1.807) is 19.1 Å². The van der Waals surface area contributed by atoms with Crippen molar-refractivity contribution in [1.29, 1.82) is 0 Å². The summed E-state index contributed by atoms with van der Waals surface area (Å²) in [7, 11) is 3.02. The average Bonchev–Trinajstić information content (AvgIpc) is 2.86. The standard InChI is InChI=1S/C18H20O6/c1-5-23-15-7-11(19)6-10(2)18(15)17(20)16-13(22-4)8-12(21-3)9-14(16)24-18/h7-10H,5-6H2,1-4H3. The summed E-state index contributed by atoms with van der Waals surface area (Å²) in [5.74, 6) is 0.861. The van der Waals surface area contributed by atoms with E-state index < -0.39 is 5.60 Å². The molecule has 0 amide bonds. The van der Waals surface area contributed by atoms with Gasteiger partial charge in [0, 0.05) is 30.5 Å². The van der Waals surface area contributed by atoms with E-state index in [4.69, 9.17) is 18.9 Å². The van der Waals surface area contributed by atoms with Crippen LogP contribution in [0.15, 0.2) is 24.0 Å². The van der Waals surface area contributed by atoms with Crippen LogP contribution >= 0.6 is 0 Å². The number of methoxy groups -OCH3 is 2. The Morgan fingerprint density at radius 2 is 2.00 bits per heavy atom. The maximum Gasteiger partial charge on any atom is 0.231 e. The Bertz CT molecular complexity index is 735. The van der Waals surface area contributed by atoms with Gasteiger partial charge < -0.3 is 18.9 Å². The summed E-state index contributed by atoms with van der Waals surface area (Å²) < 4.78 is 22.3. The van der Waals surface area contributed by atoms with Gasteiger partial charge in [-0.3, -0.25) is 9.59 Å². The summed E-state index contributed by atoms with van der Waals surface area (Å²) >= 11 is 0. The highest BCUT2D eigenvalue weighted by Gasteiger charge is 2.59. The Kier molecular flexibility index (Phi) is 3.99. The minimum absolute atomic E-state index is 0.0755. The number of benzene rings is 1. The predicted molar refractivity (Wildman–Crippen MR) is 85.7 cm³/mol. The van der Waals surface area contributed by atoms with Crippen molar-refractivity contribution in [2.24, 2.45) is 5.92 Å². The van der Waals surface area contributed by atoms with Gasteiger partial charge in [-0.2, -0.15) is 0 Å². The molecule has 1 aromatic rings. The van der Waals surface area contributed by atoms with Crippen molar-refractivity contribution in [3.8, 4) is 17.2 Å². The van der Waals surface area contributed by atoms with Crippen LogP contribution in [0.3, 0.4) is 0 Å². The first-order valence-electron chi connectivity index (χ1n) is 7.85. The Labute approximate surface area is 140 Å². The fourth-order valence-corrected chi connectivity index (χ4v) is 3.35. The fourth-order valence-electron chi connectivity index (χ4n) is 3.35. The minimum atomic E-state index is -1.33. The molecule has 1 heterocycles. The van der Waals surface area contributed by atoms with Crippen molar-refractivity contribution in [3.05, 3.63) is 29.5 Å². The van der Waals surface area contributed by atoms with Gasteiger partial charge in [-0.1, -0.05) is 6.92 Å². The SMILES string of the molecule is CCOC1=CC(=O)CC(C)C12Oc1cc(OC)cc(OC)c1C2=O. The lowest BCUT2D eigenvalue weighted by atomic mass is 9.75. The second kappa shape index (κ2) is 5.85. The molecule has 0 N–H and O–H groups in total. The van der Waals surface area contributed by atoms with Crippen molar-refractivity contribution in [2.75, 3.05) is 20.8 Å². The highest BCUT2D eigenvalue weighted by atomic mass is 16.6. The zero-order chi connectivity index (χ0) is 17.5. The van der Waals surface area contributed by atoms with Crippen molar-refractivity contribution < 1.29 is 28.5 Å². The van der Waals surface area contributed by atoms with Gasteiger partial charge in [0.05, 0.1) is 20.8 Å². The van der Waals surface area contributed by atoms with Crippen LogP contribution in [0, 0.1) is 5.92 Å². The van der Waals surface area contributed by atoms with E-state index in [1.165, 1.54) is 20.3 Å². The molecular weight excluding hydrogens is 312 g/mol. The van der Waals surface area contributed by atoms with Crippen LogP contribution in [0.5, 0.6) is 17.2 Å². The van der Waals surface area contributed by atoms with Gasteiger partial charge in [-0.05, 0) is 6.92 Å². The molecule has 0 fully saturated rings. The average molecular weight is 332 g/mol. The molecule has 1 aliphatic carbocycles. The molecule has 3 rings (SSSR count). The van der Waals surface area contributed by atoms with Crippen LogP contribution in [0.4, 0.5) is 0 Å². The predicted octanol–water partition coefficient (Wildman–Crippen LogP) is 2.55. The zero-order valence-corrected chi connectivity index (χ0v) is 14.2. The molecule has 2 atom stereocenters. The molecule has 0 radical (unpaired) electrons. The Morgan fingerprint density at radius 1 is 1.25 bits per heavy atom.